The molecule has 0 saturated heterocycles. The van der Waals surface area contributed by atoms with Gasteiger partial charge >= 0.3 is 0 Å². The minimum Gasteiger partial charge on any atom is -0.365 e. The molecular weight excluding hydrogens is 292 g/mol. The van der Waals surface area contributed by atoms with E-state index in [-0.39, 0.29) is 18.0 Å². The second-order valence-electron chi connectivity index (χ2n) is 6.22. The smallest absolute Gasteiger partial charge is 0.275 e. The predicted octanol–water partition coefficient (Wildman–Crippen LogP) is 2.47. The molecule has 1 amide bonds. The van der Waals surface area contributed by atoms with Crippen LogP contribution in [-0.4, -0.2) is 11.9 Å². The van der Waals surface area contributed by atoms with Gasteiger partial charge in [-0.15, -0.1) is 11.3 Å². The molecule has 0 radical (unpaired) electrons. The van der Waals surface area contributed by atoms with Crippen LogP contribution >= 0.6 is 11.3 Å². The lowest BCUT2D eigenvalue weighted by atomic mass is 9.98. The van der Waals surface area contributed by atoms with Crippen molar-refractivity contribution in [1.82, 2.24) is 0 Å². The van der Waals surface area contributed by atoms with Crippen LogP contribution in [0.3, 0.4) is 0 Å². The number of hydrogen-bond acceptors (Lipinski definition) is 2. The van der Waals surface area contributed by atoms with Gasteiger partial charge in [0, 0.05) is 5.56 Å². The van der Waals surface area contributed by atoms with Gasteiger partial charge in [0.05, 0.1) is 4.88 Å². The van der Waals surface area contributed by atoms with Crippen LogP contribution in [0.1, 0.15) is 42.8 Å². The lowest BCUT2D eigenvalue weighted by molar-refractivity contribution is -0.704. The Morgan fingerprint density at radius 1 is 1.18 bits per heavy atom. The summed E-state index contributed by atoms with van der Waals surface area (Å²) in [5, 5.41) is 4.11. The summed E-state index contributed by atoms with van der Waals surface area (Å²) in [4.78, 5) is 12.6. The summed E-state index contributed by atoms with van der Waals surface area (Å²) in [5.41, 5.74) is 7.99. The molecular formula is C18H25N2OS+. The van der Waals surface area contributed by atoms with E-state index in [9.17, 15) is 4.79 Å². The first-order valence-electron chi connectivity index (χ1n) is 7.74. The summed E-state index contributed by atoms with van der Waals surface area (Å²) in [7, 11) is 0. The Morgan fingerprint density at radius 2 is 1.86 bits per heavy atom. The molecule has 1 aromatic carbocycles. The van der Waals surface area contributed by atoms with Gasteiger partial charge in [0.1, 0.15) is 6.04 Å². The highest BCUT2D eigenvalue weighted by atomic mass is 32.1. The zero-order valence-electron chi connectivity index (χ0n) is 13.5. The summed E-state index contributed by atoms with van der Waals surface area (Å²) in [5.74, 6) is 0.373. The fourth-order valence-electron chi connectivity index (χ4n) is 2.55. The quantitative estimate of drug-likeness (QED) is 0.810. The van der Waals surface area contributed by atoms with Crippen LogP contribution in [0.5, 0.6) is 0 Å². The molecule has 1 aromatic heterocycles. The van der Waals surface area contributed by atoms with Gasteiger partial charge in [-0.05, 0) is 36.3 Å². The normalized spacial score (nSPS) is 14.0. The molecule has 2 aromatic rings. The second kappa shape index (κ2) is 7.56. The van der Waals surface area contributed by atoms with Crippen LogP contribution in [0.4, 0.5) is 0 Å². The van der Waals surface area contributed by atoms with Crippen LogP contribution in [0.15, 0.2) is 41.8 Å². The van der Waals surface area contributed by atoms with Crippen molar-refractivity contribution in [3.8, 4) is 0 Å². The Hall–Kier alpha value is -1.65. The lowest BCUT2D eigenvalue weighted by Crippen LogP contribution is -2.92. The molecule has 0 saturated carbocycles. The van der Waals surface area contributed by atoms with E-state index in [1.807, 2.05) is 18.3 Å². The SMILES string of the molecule is CC(C)Cc1ccc([C@@H]([NH2+][C@@H](C)C(N)=O)c2cccs2)cc1. The van der Waals surface area contributed by atoms with Crippen molar-refractivity contribution in [2.75, 3.05) is 0 Å². The molecule has 3 nitrogen and oxygen atoms in total. The summed E-state index contributed by atoms with van der Waals surface area (Å²) < 4.78 is 0. The van der Waals surface area contributed by atoms with E-state index >= 15 is 0 Å². The van der Waals surface area contributed by atoms with Crippen LogP contribution < -0.4 is 11.1 Å². The Bertz CT molecular complexity index is 590. The Labute approximate surface area is 136 Å². The third-order valence-electron chi connectivity index (χ3n) is 3.76. The molecule has 118 valence electrons. The number of quaternary nitrogens is 1. The van der Waals surface area contributed by atoms with Crippen molar-refractivity contribution in [2.24, 2.45) is 11.7 Å². The Balaban J connectivity index is 2.23. The van der Waals surface area contributed by atoms with Crippen molar-refractivity contribution in [1.29, 1.82) is 0 Å². The highest BCUT2D eigenvalue weighted by Gasteiger charge is 2.24. The second-order valence-corrected chi connectivity index (χ2v) is 7.20. The highest BCUT2D eigenvalue weighted by Crippen LogP contribution is 2.23. The summed E-state index contributed by atoms with van der Waals surface area (Å²) >= 11 is 1.71. The van der Waals surface area contributed by atoms with E-state index in [0.717, 1.165) is 6.42 Å². The molecule has 1 heterocycles. The average molecular weight is 317 g/mol. The van der Waals surface area contributed by atoms with Crippen LogP contribution in [0.2, 0.25) is 0 Å². The third kappa shape index (κ3) is 4.42. The van der Waals surface area contributed by atoms with Gasteiger partial charge in [-0.1, -0.05) is 44.2 Å². The first-order chi connectivity index (χ1) is 10.5. The number of carbonyl (C=O) groups is 1. The predicted molar refractivity (Wildman–Crippen MR) is 91.7 cm³/mol. The number of thiophene rings is 1. The van der Waals surface area contributed by atoms with Gasteiger partial charge in [-0.2, -0.15) is 0 Å². The van der Waals surface area contributed by atoms with Gasteiger partial charge < -0.3 is 11.1 Å². The molecule has 0 aliphatic rings. The molecule has 4 N–H and O–H groups in total. The monoisotopic (exact) mass is 317 g/mol. The molecule has 0 bridgehead atoms. The third-order valence-corrected chi connectivity index (χ3v) is 4.72. The summed E-state index contributed by atoms with van der Waals surface area (Å²) in [6.07, 6.45) is 1.09. The molecule has 2 rings (SSSR count). The van der Waals surface area contributed by atoms with Crippen molar-refractivity contribution < 1.29 is 10.1 Å². The largest absolute Gasteiger partial charge is 0.365 e. The van der Waals surface area contributed by atoms with E-state index in [1.54, 1.807) is 11.3 Å². The number of benzene rings is 1. The molecule has 0 aliphatic heterocycles. The maximum Gasteiger partial charge on any atom is 0.275 e. The van der Waals surface area contributed by atoms with Crippen molar-refractivity contribution in [3.05, 3.63) is 57.8 Å². The minimum absolute atomic E-state index is 0.121. The van der Waals surface area contributed by atoms with E-state index in [2.05, 4.69) is 49.6 Å². The Kier molecular flexibility index (Phi) is 5.75. The fraction of sp³-hybridized carbons (Fsp3) is 0.389. The molecule has 0 aliphatic carbocycles. The van der Waals surface area contributed by atoms with Gasteiger partial charge in [-0.25, -0.2) is 0 Å². The number of carbonyl (C=O) groups excluding carboxylic acids is 1. The topological polar surface area (TPSA) is 59.7 Å². The number of nitrogens with two attached hydrogens (primary N) is 2. The van der Waals surface area contributed by atoms with Gasteiger partial charge in [0.25, 0.3) is 5.91 Å². The van der Waals surface area contributed by atoms with Crippen molar-refractivity contribution in [2.45, 2.75) is 39.3 Å². The maximum atomic E-state index is 11.4. The molecule has 0 fully saturated rings. The molecule has 0 spiro atoms. The number of rotatable bonds is 7. The zero-order chi connectivity index (χ0) is 16.1. The fourth-order valence-corrected chi connectivity index (χ4v) is 3.39. The van der Waals surface area contributed by atoms with Crippen LogP contribution in [-0.2, 0) is 11.2 Å². The Morgan fingerprint density at radius 3 is 2.36 bits per heavy atom. The average Bonchev–Trinajstić information content (AvgIpc) is 2.98. The number of hydrogen-bond donors (Lipinski definition) is 2. The summed E-state index contributed by atoms with van der Waals surface area (Å²) in [6.45, 7) is 6.31. The van der Waals surface area contributed by atoms with Crippen LogP contribution in [0.25, 0.3) is 0 Å². The number of primary amides is 1. The lowest BCUT2D eigenvalue weighted by Gasteiger charge is -2.18. The van der Waals surface area contributed by atoms with E-state index < -0.39 is 0 Å². The van der Waals surface area contributed by atoms with E-state index in [4.69, 9.17) is 5.73 Å². The van der Waals surface area contributed by atoms with Crippen LogP contribution in [0, 0.1) is 5.92 Å². The first-order valence-corrected chi connectivity index (χ1v) is 8.62. The standard InChI is InChI=1S/C18H24N2OS/c1-12(2)11-14-6-8-15(9-7-14)17(16-5-4-10-22-16)20-13(3)18(19)21/h4-10,12-13,17,20H,11H2,1-3H3,(H2,19,21)/p+1/t13-,17+/m0/s1. The molecule has 22 heavy (non-hydrogen) atoms. The minimum atomic E-state index is -0.280. The van der Waals surface area contributed by atoms with Gasteiger partial charge in [0.2, 0.25) is 0 Å². The maximum absolute atomic E-state index is 11.4. The van der Waals surface area contributed by atoms with E-state index in [1.165, 1.54) is 16.0 Å². The first kappa shape index (κ1) is 16.7. The summed E-state index contributed by atoms with van der Waals surface area (Å²) in [6, 6.07) is 12.8. The zero-order valence-corrected chi connectivity index (χ0v) is 14.3. The van der Waals surface area contributed by atoms with Crippen molar-refractivity contribution in [3.63, 3.8) is 0 Å². The van der Waals surface area contributed by atoms with E-state index in [0.29, 0.717) is 5.92 Å². The number of amides is 1. The molecule has 0 unspecified atom stereocenters. The van der Waals surface area contributed by atoms with Gasteiger partial charge in [0.15, 0.2) is 6.04 Å². The van der Waals surface area contributed by atoms with Crippen molar-refractivity contribution >= 4 is 17.2 Å². The highest BCUT2D eigenvalue weighted by molar-refractivity contribution is 7.10. The van der Waals surface area contributed by atoms with Gasteiger partial charge in [-0.3, -0.25) is 4.79 Å². The molecule has 2 atom stereocenters. The molecule has 4 heteroatoms.